The number of nitriles is 1. The van der Waals surface area contributed by atoms with Gasteiger partial charge in [-0.15, -0.1) is 0 Å². The first-order valence-electron chi connectivity index (χ1n) is 22.8. The van der Waals surface area contributed by atoms with Gasteiger partial charge in [0.2, 0.25) is 0 Å². The molecule has 0 aliphatic rings. The number of fused-ring (bicyclic) bond motifs is 6. The van der Waals surface area contributed by atoms with Crippen LogP contribution in [-0.2, 0) is 12.4 Å². The number of aromatic nitrogens is 5. The van der Waals surface area contributed by atoms with E-state index in [-0.39, 0.29) is 0 Å². The van der Waals surface area contributed by atoms with Gasteiger partial charge in [0.05, 0.1) is 56.2 Å². The van der Waals surface area contributed by atoms with Crippen molar-refractivity contribution in [1.82, 2.24) is 24.1 Å². The predicted octanol–water partition coefficient (Wildman–Crippen LogP) is 16.3. The Hall–Kier alpha value is -9.34. The number of alkyl halides is 6. The average molecular weight is 953 g/mol. The summed E-state index contributed by atoms with van der Waals surface area (Å²) in [5.74, 6) is 1.19. The van der Waals surface area contributed by atoms with Crippen molar-refractivity contribution in [2.45, 2.75) is 12.4 Å². The fourth-order valence-electron chi connectivity index (χ4n) is 9.79. The summed E-state index contributed by atoms with van der Waals surface area (Å²) in [5, 5.41) is 12.2. The number of hydrogen-bond acceptors (Lipinski definition) is 4. The lowest BCUT2D eigenvalue weighted by molar-refractivity contribution is -0.138. The number of para-hydroxylation sites is 2. The van der Waals surface area contributed by atoms with Crippen LogP contribution in [0.1, 0.15) is 16.7 Å². The third-order valence-electron chi connectivity index (χ3n) is 13.1. The zero-order valence-electron chi connectivity index (χ0n) is 37.6. The van der Waals surface area contributed by atoms with E-state index in [9.17, 15) is 31.6 Å². The first kappa shape index (κ1) is 43.9. The Labute approximate surface area is 407 Å². The van der Waals surface area contributed by atoms with Crippen LogP contribution in [0.3, 0.4) is 0 Å². The number of rotatable bonds is 7. The topological polar surface area (TPSA) is 72.3 Å². The van der Waals surface area contributed by atoms with E-state index in [0.29, 0.717) is 106 Å². The van der Waals surface area contributed by atoms with Gasteiger partial charge in [0.1, 0.15) is 0 Å². The predicted molar refractivity (Wildman–Crippen MR) is 270 cm³/mol. The highest BCUT2D eigenvalue weighted by atomic mass is 19.4. The molecule has 0 bridgehead atoms. The number of nitrogens with zero attached hydrogens (tertiary/aromatic N) is 6. The van der Waals surface area contributed by atoms with E-state index in [2.05, 4.69) is 6.07 Å². The van der Waals surface area contributed by atoms with Gasteiger partial charge in [-0.2, -0.15) is 31.6 Å². The van der Waals surface area contributed by atoms with Gasteiger partial charge >= 0.3 is 12.4 Å². The summed E-state index contributed by atoms with van der Waals surface area (Å²) in [6, 6.07) is 61.9. The summed E-state index contributed by atoms with van der Waals surface area (Å²) >= 11 is 0. The lowest BCUT2D eigenvalue weighted by atomic mass is 9.93. The van der Waals surface area contributed by atoms with Gasteiger partial charge in [-0.3, -0.25) is 0 Å². The number of benzene rings is 9. The molecular weight excluding hydrogens is 919 g/mol. The minimum Gasteiger partial charge on any atom is -0.309 e. The highest BCUT2D eigenvalue weighted by Crippen LogP contribution is 2.45. The first-order valence-corrected chi connectivity index (χ1v) is 22.8. The summed E-state index contributed by atoms with van der Waals surface area (Å²) in [4.78, 5) is 15.0. The molecule has 0 aliphatic carbocycles. The molecular formula is C60H34F6N6. The molecule has 0 saturated heterocycles. The van der Waals surface area contributed by atoms with E-state index in [1.165, 1.54) is 18.2 Å². The maximum absolute atomic E-state index is 14.4. The maximum atomic E-state index is 14.4. The Morgan fingerprint density at radius 2 is 0.806 bits per heavy atom. The monoisotopic (exact) mass is 952 g/mol. The fraction of sp³-hybridized carbons (Fsp3) is 0.0333. The fourth-order valence-corrected chi connectivity index (χ4v) is 9.79. The van der Waals surface area contributed by atoms with Crippen molar-refractivity contribution in [2.24, 2.45) is 0 Å². The van der Waals surface area contributed by atoms with Gasteiger partial charge < -0.3 is 9.13 Å². The number of hydrogen-bond donors (Lipinski definition) is 0. The summed E-state index contributed by atoms with van der Waals surface area (Å²) in [6.07, 6.45) is -9.21. The molecule has 0 saturated carbocycles. The lowest BCUT2D eigenvalue weighted by Crippen LogP contribution is -2.05. The molecule has 0 unspecified atom stereocenters. The van der Waals surface area contributed by atoms with E-state index in [1.54, 1.807) is 36.4 Å². The highest BCUT2D eigenvalue weighted by Gasteiger charge is 2.33. The molecule has 12 rings (SSSR count). The van der Waals surface area contributed by atoms with Gasteiger partial charge in [-0.25, -0.2) is 15.0 Å². The zero-order chi connectivity index (χ0) is 49.3. The van der Waals surface area contributed by atoms with Crippen molar-refractivity contribution in [1.29, 1.82) is 5.26 Å². The molecule has 0 atom stereocenters. The second kappa shape index (κ2) is 17.0. The second-order valence-corrected chi connectivity index (χ2v) is 17.3. The Kier molecular flexibility index (Phi) is 10.3. The van der Waals surface area contributed by atoms with Crippen molar-refractivity contribution in [3.63, 3.8) is 0 Å². The molecule has 3 heterocycles. The number of halogens is 6. The second-order valence-electron chi connectivity index (χ2n) is 17.3. The summed E-state index contributed by atoms with van der Waals surface area (Å²) in [7, 11) is 0. The third kappa shape index (κ3) is 7.50. The molecule has 9 aromatic carbocycles. The van der Waals surface area contributed by atoms with Crippen LogP contribution in [0.4, 0.5) is 26.3 Å². The minimum absolute atomic E-state index is 0.338. The largest absolute Gasteiger partial charge is 0.416 e. The Balaban J connectivity index is 1.21. The molecule has 3 aromatic heterocycles. The van der Waals surface area contributed by atoms with Crippen LogP contribution in [0.5, 0.6) is 0 Å². The average Bonchev–Trinajstić information content (AvgIpc) is 3.92. The molecule has 6 nitrogen and oxygen atoms in total. The SMILES string of the molecule is N#Cc1ccccc1-c1ccc(-c2cc(-c3nc(-c4ccccc4)nc(-c4ccccc4)n3)ccc2-n2c3ccccc3c3cc(C(F)(F)F)ccc32)c(-n2c3ccccc3c3cc(C(F)(F)F)ccc32)c1. The smallest absolute Gasteiger partial charge is 0.309 e. The molecule has 12 aromatic rings. The van der Waals surface area contributed by atoms with Crippen LogP contribution in [0.2, 0.25) is 0 Å². The molecule has 0 N–H and O–H groups in total. The van der Waals surface area contributed by atoms with E-state index < -0.39 is 23.5 Å². The molecule has 0 aliphatic heterocycles. The third-order valence-corrected chi connectivity index (χ3v) is 13.1. The van der Waals surface area contributed by atoms with Gasteiger partial charge in [0.25, 0.3) is 0 Å². The van der Waals surface area contributed by atoms with Crippen LogP contribution in [0, 0.1) is 11.3 Å². The minimum atomic E-state index is -4.61. The Morgan fingerprint density at radius 1 is 0.347 bits per heavy atom. The molecule has 346 valence electrons. The molecule has 0 spiro atoms. The normalized spacial score (nSPS) is 12.0. The summed E-state index contributed by atoms with van der Waals surface area (Å²) < 4.78 is 90.4. The first-order chi connectivity index (χ1) is 34.9. The maximum Gasteiger partial charge on any atom is 0.416 e. The van der Waals surface area contributed by atoms with Crippen molar-refractivity contribution < 1.29 is 26.3 Å². The zero-order valence-corrected chi connectivity index (χ0v) is 37.6. The van der Waals surface area contributed by atoms with Crippen molar-refractivity contribution in [3.8, 4) is 73.9 Å². The van der Waals surface area contributed by atoms with Crippen LogP contribution < -0.4 is 0 Å². The molecule has 0 radical (unpaired) electrons. The molecule has 72 heavy (non-hydrogen) atoms. The standard InChI is InChI=1S/C60H34F6N6/c61-59(62,63)41-25-29-53-48(33-41)44-19-9-11-21-50(44)71(53)52-28-24-39(58-69-56(36-13-3-1-4-14-36)68-57(70-58)37-15-5-2-6-16-37)31-47(52)46-27-23-38(43-18-8-7-17-40(43)35-67)32-55(46)72-51-22-12-10-20-45(51)49-34-42(60(64,65)66)26-30-54(49)72/h1-34H. The van der Waals surface area contributed by atoms with E-state index in [1.807, 2.05) is 143 Å². The molecule has 0 amide bonds. The quantitative estimate of drug-likeness (QED) is 0.149. The van der Waals surface area contributed by atoms with Crippen LogP contribution in [0.25, 0.3) is 111 Å². The van der Waals surface area contributed by atoms with Crippen molar-refractivity contribution >= 4 is 43.6 Å². The van der Waals surface area contributed by atoms with Crippen molar-refractivity contribution in [3.05, 3.63) is 223 Å². The lowest BCUT2D eigenvalue weighted by Gasteiger charge is -2.21. The van der Waals surface area contributed by atoms with Gasteiger partial charge in [-0.05, 0) is 90.0 Å². The van der Waals surface area contributed by atoms with Gasteiger partial charge in [0, 0.05) is 49.4 Å². The van der Waals surface area contributed by atoms with Crippen LogP contribution in [0.15, 0.2) is 206 Å². The summed E-state index contributed by atoms with van der Waals surface area (Å²) in [6.45, 7) is 0. The van der Waals surface area contributed by atoms with Crippen LogP contribution in [-0.4, -0.2) is 24.1 Å². The highest BCUT2D eigenvalue weighted by molar-refractivity contribution is 6.12. The Bertz CT molecular complexity index is 4090. The molecule has 0 fully saturated rings. The van der Waals surface area contributed by atoms with Gasteiger partial charge in [-0.1, -0.05) is 127 Å². The molecule has 12 heteroatoms. The van der Waals surface area contributed by atoms with E-state index >= 15 is 0 Å². The summed E-state index contributed by atoms with van der Waals surface area (Å²) in [5.41, 5.74) is 6.79. The Morgan fingerprint density at radius 3 is 1.35 bits per heavy atom. The van der Waals surface area contributed by atoms with E-state index in [4.69, 9.17) is 15.0 Å². The van der Waals surface area contributed by atoms with E-state index in [0.717, 1.165) is 29.3 Å². The van der Waals surface area contributed by atoms with Crippen molar-refractivity contribution in [2.75, 3.05) is 0 Å². The van der Waals surface area contributed by atoms with Gasteiger partial charge in [0.15, 0.2) is 17.5 Å². The van der Waals surface area contributed by atoms with Crippen LogP contribution >= 0.6 is 0 Å².